The lowest BCUT2D eigenvalue weighted by molar-refractivity contribution is 0.00578. The highest BCUT2D eigenvalue weighted by Crippen LogP contribution is 2.37. The number of nitrogens with one attached hydrogen (secondary N) is 1. The third-order valence-electron chi connectivity index (χ3n) is 4.43. The van der Waals surface area contributed by atoms with Crippen molar-refractivity contribution in [2.24, 2.45) is 0 Å². The fourth-order valence-corrected chi connectivity index (χ4v) is 3.89. The second kappa shape index (κ2) is 6.35. The average molecular weight is 357 g/mol. The van der Waals surface area contributed by atoms with Crippen molar-refractivity contribution in [2.45, 2.75) is 77.4 Å². The van der Waals surface area contributed by atoms with Gasteiger partial charge in [0.15, 0.2) is 0 Å². The first-order valence-electron chi connectivity index (χ1n) is 7.95. The fraction of sp³-hybridized carbons (Fsp3) is 0.750. The van der Waals surface area contributed by atoms with Crippen LogP contribution in [0.5, 0.6) is 0 Å². The van der Waals surface area contributed by atoms with E-state index in [1.807, 2.05) is 27.7 Å². The summed E-state index contributed by atoms with van der Waals surface area (Å²) in [5.74, 6) is 0. The van der Waals surface area contributed by atoms with Gasteiger partial charge in [-0.15, -0.1) is 16.1 Å². The molecule has 130 valence electrons. The molecule has 0 aromatic carbocycles. The first-order chi connectivity index (χ1) is 10.3. The summed E-state index contributed by atoms with van der Waals surface area (Å²) in [6, 6.07) is 2.11. The van der Waals surface area contributed by atoms with Crippen LogP contribution in [0.2, 0.25) is 0 Å². The maximum Gasteiger partial charge on any atom is 0.495 e. The van der Waals surface area contributed by atoms with E-state index in [1.165, 1.54) is 0 Å². The summed E-state index contributed by atoms with van der Waals surface area (Å²) in [7, 11) is -0.342. The van der Waals surface area contributed by atoms with Gasteiger partial charge >= 0.3 is 7.12 Å². The highest BCUT2D eigenvalue weighted by atomic mass is 32.2. The zero-order valence-corrected chi connectivity index (χ0v) is 17.0. The Kier molecular flexibility index (Phi) is 5.33. The lowest BCUT2D eigenvalue weighted by Crippen LogP contribution is -2.41. The van der Waals surface area contributed by atoms with Gasteiger partial charge in [0.2, 0.25) is 0 Å². The number of hydrogen-bond acceptors (Lipinski definition) is 5. The van der Waals surface area contributed by atoms with Gasteiger partial charge in [-0.2, -0.15) is 0 Å². The van der Waals surface area contributed by atoms with Gasteiger partial charge in [-0.05, 0) is 72.3 Å². The number of rotatable bonds is 4. The van der Waals surface area contributed by atoms with Crippen LogP contribution in [0.15, 0.2) is 11.4 Å². The molecule has 2 rings (SSSR count). The Morgan fingerprint density at radius 2 is 1.74 bits per heavy atom. The van der Waals surface area contributed by atoms with Crippen molar-refractivity contribution in [3.8, 4) is 0 Å². The second-order valence-electron chi connectivity index (χ2n) is 8.09. The van der Waals surface area contributed by atoms with Crippen molar-refractivity contribution in [2.75, 3.05) is 0 Å². The quantitative estimate of drug-likeness (QED) is 0.664. The van der Waals surface area contributed by atoms with E-state index in [1.54, 1.807) is 11.3 Å². The molecule has 1 unspecified atom stereocenters. The summed E-state index contributed by atoms with van der Waals surface area (Å²) in [5, 5.41) is 2.07. The maximum absolute atomic E-state index is 12.2. The van der Waals surface area contributed by atoms with E-state index in [0.29, 0.717) is 0 Å². The molecule has 7 heteroatoms. The van der Waals surface area contributed by atoms with Gasteiger partial charge in [0, 0.05) is 16.2 Å². The van der Waals surface area contributed by atoms with Gasteiger partial charge in [0.1, 0.15) is 4.75 Å². The molecule has 2 atom stereocenters. The Morgan fingerprint density at radius 1 is 1.22 bits per heavy atom. The summed E-state index contributed by atoms with van der Waals surface area (Å²) >= 11 is 0.549. The van der Waals surface area contributed by atoms with Crippen molar-refractivity contribution in [1.29, 1.82) is 0 Å². The van der Waals surface area contributed by atoms with Crippen LogP contribution in [-0.2, 0) is 20.7 Å². The SMILES string of the molecule is CC(N[S@@+]([O-])C(C)(C)C)c1cc(B2OC(C)(C)C(C)(C)O2)cs1. The third-order valence-corrected chi connectivity index (χ3v) is 7.25. The lowest BCUT2D eigenvalue weighted by Gasteiger charge is -2.32. The molecular weight excluding hydrogens is 329 g/mol. The molecule has 0 saturated carbocycles. The predicted octanol–water partition coefficient (Wildman–Crippen LogP) is 3.16. The van der Waals surface area contributed by atoms with Gasteiger partial charge in [-0.3, -0.25) is 0 Å². The van der Waals surface area contributed by atoms with Gasteiger partial charge in [0.05, 0.1) is 17.2 Å². The van der Waals surface area contributed by atoms with E-state index >= 15 is 0 Å². The van der Waals surface area contributed by atoms with Crippen LogP contribution in [-0.4, -0.2) is 27.6 Å². The van der Waals surface area contributed by atoms with Crippen molar-refractivity contribution in [3.05, 3.63) is 16.3 Å². The second-order valence-corrected chi connectivity index (χ2v) is 11.0. The van der Waals surface area contributed by atoms with E-state index < -0.39 is 11.4 Å². The van der Waals surface area contributed by atoms with Crippen molar-refractivity contribution in [3.63, 3.8) is 0 Å². The molecule has 1 aliphatic rings. The zero-order valence-electron chi connectivity index (χ0n) is 15.4. The van der Waals surface area contributed by atoms with E-state index in [0.717, 1.165) is 10.3 Å². The molecule has 1 aromatic rings. The normalized spacial score (nSPS) is 23.1. The summed E-state index contributed by atoms with van der Waals surface area (Å²) in [5.41, 5.74) is 0.355. The van der Waals surface area contributed by atoms with Crippen LogP contribution in [0.25, 0.3) is 0 Å². The molecule has 0 radical (unpaired) electrons. The minimum Gasteiger partial charge on any atom is -0.598 e. The van der Waals surface area contributed by atoms with Gasteiger partial charge in [-0.25, -0.2) is 0 Å². The van der Waals surface area contributed by atoms with Crippen molar-refractivity contribution >= 4 is 35.3 Å². The predicted molar refractivity (Wildman–Crippen MR) is 99.5 cm³/mol. The average Bonchev–Trinajstić information content (AvgIpc) is 2.92. The number of hydrogen-bond donors (Lipinski definition) is 1. The molecular formula is C16H28BNO3S2. The van der Waals surface area contributed by atoms with Crippen molar-refractivity contribution in [1.82, 2.24) is 4.72 Å². The molecule has 4 nitrogen and oxygen atoms in total. The minimum absolute atomic E-state index is 0.0243. The van der Waals surface area contributed by atoms with E-state index in [2.05, 4.69) is 43.9 Å². The Morgan fingerprint density at radius 3 is 2.22 bits per heavy atom. The summed E-state index contributed by atoms with van der Waals surface area (Å²) in [6.07, 6.45) is 0. The van der Waals surface area contributed by atoms with Crippen LogP contribution in [0.3, 0.4) is 0 Å². The monoisotopic (exact) mass is 357 g/mol. The molecule has 2 heterocycles. The zero-order chi connectivity index (χ0) is 17.6. The molecule has 1 saturated heterocycles. The van der Waals surface area contributed by atoms with Crippen LogP contribution in [0.4, 0.5) is 0 Å². The van der Waals surface area contributed by atoms with Crippen LogP contribution >= 0.6 is 11.3 Å². The highest BCUT2D eigenvalue weighted by molar-refractivity contribution is 7.90. The van der Waals surface area contributed by atoms with Crippen LogP contribution in [0, 0.1) is 0 Å². The van der Waals surface area contributed by atoms with Gasteiger partial charge in [0.25, 0.3) is 0 Å². The Labute approximate surface area is 147 Å². The first-order valence-corrected chi connectivity index (χ1v) is 9.98. The molecule has 1 aromatic heterocycles. The summed E-state index contributed by atoms with van der Waals surface area (Å²) < 4.78 is 27.3. The van der Waals surface area contributed by atoms with Gasteiger partial charge in [-0.1, -0.05) is 0 Å². The standard InChI is InChI=1S/C16H28BNO3S2/c1-11(18-23(19)14(2,3)4)13-9-12(10-22-13)17-20-15(5,6)16(7,8)21-17/h9-11,18H,1-8H3/t11?,23-/m0/s1. The first kappa shape index (κ1) is 19.3. The van der Waals surface area contributed by atoms with E-state index in [-0.39, 0.29) is 29.1 Å². The largest absolute Gasteiger partial charge is 0.598 e. The molecule has 1 N–H and O–H groups in total. The third kappa shape index (κ3) is 4.14. The van der Waals surface area contributed by atoms with Crippen LogP contribution in [0.1, 0.15) is 66.3 Å². The molecule has 0 bridgehead atoms. The minimum atomic E-state index is -1.09. The fourth-order valence-electron chi connectivity index (χ4n) is 2.09. The smallest absolute Gasteiger partial charge is 0.495 e. The topological polar surface area (TPSA) is 53.5 Å². The summed E-state index contributed by atoms with van der Waals surface area (Å²) in [4.78, 5) is 1.13. The van der Waals surface area contributed by atoms with E-state index in [9.17, 15) is 4.55 Å². The molecule has 1 fully saturated rings. The molecule has 0 amide bonds. The van der Waals surface area contributed by atoms with Gasteiger partial charge < -0.3 is 13.9 Å². The molecule has 0 aliphatic carbocycles. The number of thiophene rings is 1. The lowest BCUT2D eigenvalue weighted by atomic mass is 9.81. The maximum atomic E-state index is 12.2. The van der Waals surface area contributed by atoms with Crippen LogP contribution < -0.4 is 10.2 Å². The summed E-state index contributed by atoms with van der Waals surface area (Å²) in [6.45, 7) is 16.1. The Hall–Kier alpha value is -0.0451. The van der Waals surface area contributed by atoms with Crippen molar-refractivity contribution < 1.29 is 13.9 Å². The highest BCUT2D eigenvalue weighted by Gasteiger charge is 2.52. The molecule has 1 aliphatic heterocycles. The molecule has 23 heavy (non-hydrogen) atoms. The Bertz CT molecular complexity index is 538. The Balaban J connectivity index is 2.07. The van der Waals surface area contributed by atoms with E-state index in [4.69, 9.17) is 9.31 Å². The molecule has 0 spiro atoms.